The second-order valence-corrected chi connectivity index (χ2v) is 5.27. The summed E-state index contributed by atoms with van der Waals surface area (Å²) in [4.78, 5) is 8.73. The molecule has 5 heteroatoms. The van der Waals surface area contributed by atoms with Crippen LogP contribution in [0, 0.1) is 25.2 Å². The fourth-order valence-electron chi connectivity index (χ4n) is 1.56. The molecule has 0 saturated carbocycles. The number of aromatic nitrogens is 2. The molecular weight excluding hydrogens is 244 g/mol. The number of hydrogen-bond acceptors (Lipinski definition) is 5. The fourth-order valence-corrected chi connectivity index (χ4v) is 2.51. The molecule has 0 radical (unpaired) electrons. The summed E-state index contributed by atoms with van der Waals surface area (Å²) in [5, 5.41) is 13.0. The minimum Gasteiger partial charge on any atom is -0.302 e. The van der Waals surface area contributed by atoms with Gasteiger partial charge in [0.05, 0.1) is 12.1 Å². The first-order valence-corrected chi connectivity index (χ1v) is 7.22. The highest BCUT2D eigenvalue weighted by molar-refractivity contribution is 7.99. The monoisotopic (exact) mass is 264 g/mol. The summed E-state index contributed by atoms with van der Waals surface area (Å²) in [7, 11) is 0. The number of thioether (sulfide) groups is 1. The Morgan fingerprint density at radius 1 is 1.39 bits per heavy atom. The molecule has 0 aliphatic heterocycles. The molecule has 0 aliphatic carbocycles. The third-order valence-corrected chi connectivity index (χ3v) is 3.28. The first-order chi connectivity index (χ1) is 8.65. The molecule has 1 unspecified atom stereocenters. The Balaban J connectivity index is 2.38. The van der Waals surface area contributed by atoms with Gasteiger partial charge in [-0.05, 0) is 39.3 Å². The SMILES string of the molecule is CCCNC(C#N)CCSc1nc(C)cc(C)n1. The van der Waals surface area contributed by atoms with Crippen LogP contribution >= 0.6 is 11.8 Å². The molecule has 0 spiro atoms. The van der Waals surface area contributed by atoms with Crippen molar-refractivity contribution in [2.75, 3.05) is 12.3 Å². The van der Waals surface area contributed by atoms with Crippen molar-refractivity contribution in [2.24, 2.45) is 0 Å². The zero-order valence-electron chi connectivity index (χ0n) is 11.2. The zero-order chi connectivity index (χ0) is 13.4. The van der Waals surface area contributed by atoms with E-state index in [0.29, 0.717) is 0 Å². The van der Waals surface area contributed by atoms with Crippen molar-refractivity contribution in [2.45, 2.75) is 44.8 Å². The van der Waals surface area contributed by atoms with E-state index < -0.39 is 0 Å². The lowest BCUT2D eigenvalue weighted by atomic mass is 10.2. The number of nitrogens with one attached hydrogen (secondary N) is 1. The molecule has 0 saturated heterocycles. The van der Waals surface area contributed by atoms with Crippen molar-refractivity contribution in [1.29, 1.82) is 5.26 Å². The Kier molecular flexibility index (Phi) is 6.69. The average Bonchev–Trinajstić information content (AvgIpc) is 2.32. The number of nitrogens with zero attached hydrogens (tertiary/aromatic N) is 3. The van der Waals surface area contributed by atoms with Crippen molar-refractivity contribution in [1.82, 2.24) is 15.3 Å². The third-order valence-electron chi connectivity index (χ3n) is 2.40. The molecule has 0 amide bonds. The molecular formula is C13H20N4S. The molecule has 0 aromatic carbocycles. The second-order valence-electron chi connectivity index (χ2n) is 4.21. The van der Waals surface area contributed by atoms with E-state index >= 15 is 0 Å². The summed E-state index contributed by atoms with van der Waals surface area (Å²) in [5.41, 5.74) is 1.98. The maximum Gasteiger partial charge on any atom is 0.187 e. The quantitative estimate of drug-likeness (QED) is 0.605. The summed E-state index contributed by atoms with van der Waals surface area (Å²) in [6.07, 6.45) is 1.86. The van der Waals surface area contributed by atoms with E-state index in [4.69, 9.17) is 5.26 Å². The van der Waals surface area contributed by atoms with Crippen LogP contribution in [0.4, 0.5) is 0 Å². The predicted octanol–water partition coefficient (Wildman–Crippen LogP) is 2.47. The van der Waals surface area contributed by atoms with Crippen LogP contribution in [0.3, 0.4) is 0 Å². The van der Waals surface area contributed by atoms with Gasteiger partial charge in [0.15, 0.2) is 5.16 Å². The lowest BCUT2D eigenvalue weighted by molar-refractivity contribution is 0.585. The van der Waals surface area contributed by atoms with Gasteiger partial charge in [0.1, 0.15) is 0 Å². The largest absolute Gasteiger partial charge is 0.302 e. The molecule has 1 aromatic rings. The molecule has 98 valence electrons. The van der Waals surface area contributed by atoms with Gasteiger partial charge in [-0.2, -0.15) is 5.26 Å². The van der Waals surface area contributed by atoms with E-state index in [1.54, 1.807) is 11.8 Å². The van der Waals surface area contributed by atoms with E-state index in [-0.39, 0.29) is 6.04 Å². The van der Waals surface area contributed by atoms with Crippen LogP contribution in [0.1, 0.15) is 31.2 Å². The molecule has 1 atom stereocenters. The third kappa shape index (κ3) is 5.48. The van der Waals surface area contributed by atoms with E-state index in [0.717, 1.165) is 41.7 Å². The molecule has 18 heavy (non-hydrogen) atoms. The second kappa shape index (κ2) is 8.06. The standard InChI is InChI=1S/C13H20N4S/c1-4-6-15-12(9-14)5-7-18-13-16-10(2)8-11(3)17-13/h8,12,15H,4-7H2,1-3H3. The molecule has 4 nitrogen and oxygen atoms in total. The van der Waals surface area contributed by atoms with Crippen molar-refractivity contribution in [3.63, 3.8) is 0 Å². The van der Waals surface area contributed by atoms with Crippen LogP contribution in [0.15, 0.2) is 11.2 Å². The van der Waals surface area contributed by atoms with Crippen LogP contribution in [-0.2, 0) is 0 Å². The topological polar surface area (TPSA) is 61.6 Å². The van der Waals surface area contributed by atoms with Gasteiger partial charge in [-0.25, -0.2) is 9.97 Å². The van der Waals surface area contributed by atoms with E-state index in [9.17, 15) is 0 Å². The van der Waals surface area contributed by atoms with Gasteiger partial charge in [-0.1, -0.05) is 18.7 Å². The van der Waals surface area contributed by atoms with E-state index in [2.05, 4.69) is 28.3 Å². The molecule has 1 heterocycles. The van der Waals surface area contributed by atoms with Gasteiger partial charge in [0.25, 0.3) is 0 Å². The van der Waals surface area contributed by atoms with Gasteiger partial charge < -0.3 is 5.32 Å². The minimum atomic E-state index is -0.0663. The normalized spacial score (nSPS) is 12.1. The molecule has 1 aromatic heterocycles. The van der Waals surface area contributed by atoms with Crippen LogP contribution in [0.25, 0.3) is 0 Å². The van der Waals surface area contributed by atoms with Gasteiger partial charge in [-0.3, -0.25) is 0 Å². The highest BCUT2D eigenvalue weighted by Crippen LogP contribution is 2.15. The first-order valence-electron chi connectivity index (χ1n) is 6.23. The Hall–Kier alpha value is -1.12. The summed E-state index contributed by atoms with van der Waals surface area (Å²) >= 11 is 1.61. The lowest BCUT2D eigenvalue weighted by Crippen LogP contribution is -2.28. The highest BCUT2D eigenvalue weighted by atomic mass is 32.2. The molecule has 1 rings (SSSR count). The predicted molar refractivity (Wildman–Crippen MR) is 74.5 cm³/mol. The van der Waals surface area contributed by atoms with Crippen molar-refractivity contribution < 1.29 is 0 Å². The lowest BCUT2D eigenvalue weighted by Gasteiger charge is -2.09. The summed E-state index contributed by atoms with van der Waals surface area (Å²) in [6.45, 7) is 6.93. The number of nitriles is 1. The number of aryl methyl sites for hydroxylation is 2. The van der Waals surface area contributed by atoms with Crippen molar-refractivity contribution in [3.8, 4) is 6.07 Å². The first kappa shape index (κ1) is 14.9. The maximum atomic E-state index is 8.99. The Bertz CT molecular complexity index is 394. The Morgan fingerprint density at radius 3 is 2.61 bits per heavy atom. The molecule has 0 fully saturated rings. The molecule has 0 bridgehead atoms. The average molecular weight is 264 g/mol. The van der Waals surface area contributed by atoms with Crippen LogP contribution in [0.2, 0.25) is 0 Å². The van der Waals surface area contributed by atoms with Crippen molar-refractivity contribution >= 4 is 11.8 Å². The summed E-state index contributed by atoms with van der Waals surface area (Å²) in [5.74, 6) is 0.859. The van der Waals surface area contributed by atoms with Gasteiger partial charge in [-0.15, -0.1) is 0 Å². The van der Waals surface area contributed by atoms with Crippen LogP contribution in [-0.4, -0.2) is 28.3 Å². The molecule has 1 N–H and O–H groups in total. The molecule has 0 aliphatic rings. The van der Waals surface area contributed by atoms with E-state index in [1.165, 1.54) is 0 Å². The van der Waals surface area contributed by atoms with Gasteiger partial charge in [0.2, 0.25) is 0 Å². The van der Waals surface area contributed by atoms with Crippen LogP contribution < -0.4 is 5.32 Å². The maximum absolute atomic E-state index is 8.99. The summed E-state index contributed by atoms with van der Waals surface area (Å²) in [6, 6.07) is 4.18. The number of rotatable bonds is 7. The van der Waals surface area contributed by atoms with Crippen molar-refractivity contribution in [3.05, 3.63) is 17.5 Å². The summed E-state index contributed by atoms with van der Waals surface area (Å²) < 4.78 is 0. The van der Waals surface area contributed by atoms with Gasteiger partial charge in [0, 0.05) is 17.1 Å². The highest BCUT2D eigenvalue weighted by Gasteiger charge is 2.07. The zero-order valence-corrected chi connectivity index (χ0v) is 12.0. The van der Waals surface area contributed by atoms with Gasteiger partial charge >= 0.3 is 0 Å². The Labute approximate surface area is 113 Å². The Morgan fingerprint density at radius 2 is 2.06 bits per heavy atom. The smallest absolute Gasteiger partial charge is 0.187 e. The minimum absolute atomic E-state index is 0.0663. The van der Waals surface area contributed by atoms with E-state index in [1.807, 2.05) is 19.9 Å². The number of hydrogen-bond donors (Lipinski definition) is 1. The fraction of sp³-hybridized carbons (Fsp3) is 0.615. The van der Waals surface area contributed by atoms with Crippen LogP contribution in [0.5, 0.6) is 0 Å².